The Morgan fingerprint density at radius 2 is 2.24 bits per heavy atom. The smallest absolute Gasteiger partial charge is 0.284 e. The maximum atomic E-state index is 5.37. The van der Waals surface area contributed by atoms with Gasteiger partial charge in [-0.3, -0.25) is 0 Å². The molecular formula is C11H15N3OS2. The van der Waals surface area contributed by atoms with Gasteiger partial charge in [-0.05, 0) is 31.0 Å². The van der Waals surface area contributed by atoms with Crippen molar-refractivity contribution in [1.82, 2.24) is 15.2 Å². The first kappa shape index (κ1) is 12.4. The largest absolute Gasteiger partial charge is 0.408 e. The van der Waals surface area contributed by atoms with E-state index in [1.54, 1.807) is 11.3 Å². The van der Waals surface area contributed by atoms with Crippen molar-refractivity contribution >= 4 is 23.6 Å². The van der Waals surface area contributed by atoms with E-state index in [1.807, 2.05) is 0 Å². The molecule has 0 aliphatic heterocycles. The van der Waals surface area contributed by atoms with Crippen molar-refractivity contribution in [2.24, 2.45) is 0 Å². The highest BCUT2D eigenvalue weighted by atomic mass is 32.1. The third-order valence-electron chi connectivity index (χ3n) is 2.34. The number of nitrogens with one attached hydrogen (secondary N) is 1. The van der Waals surface area contributed by atoms with Crippen molar-refractivity contribution in [1.29, 1.82) is 0 Å². The van der Waals surface area contributed by atoms with Crippen LogP contribution < -0.4 is 0 Å². The van der Waals surface area contributed by atoms with E-state index in [0.29, 0.717) is 16.6 Å². The predicted molar refractivity (Wildman–Crippen MR) is 70.9 cm³/mol. The van der Waals surface area contributed by atoms with Gasteiger partial charge in [-0.15, -0.1) is 16.4 Å². The van der Waals surface area contributed by atoms with Crippen LogP contribution in [-0.2, 0) is 6.42 Å². The second-order valence-corrected chi connectivity index (χ2v) is 5.60. The first-order chi connectivity index (χ1) is 8.11. The van der Waals surface area contributed by atoms with Gasteiger partial charge in [0.05, 0.1) is 10.7 Å². The number of hydrogen-bond donors (Lipinski definition) is 1. The Kier molecular flexibility index (Phi) is 3.73. The summed E-state index contributed by atoms with van der Waals surface area (Å²) in [5.41, 5.74) is 1.05. The molecule has 2 heterocycles. The number of aryl methyl sites for hydroxylation is 1. The van der Waals surface area contributed by atoms with Crippen LogP contribution in [0.5, 0.6) is 0 Å². The number of aromatic nitrogens is 3. The minimum Gasteiger partial charge on any atom is -0.408 e. The molecule has 0 atom stereocenters. The molecule has 0 unspecified atom stereocenters. The van der Waals surface area contributed by atoms with Gasteiger partial charge in [0, 0.05) is 0 Å². The fourth-order valence-corrected chi connectivity index (χ4v) is 2.94. The van der Waals surface area contributed by atoms with Crippen LogP contribution >= 0.6 is 23.6 Å². The number of rotatable bonds is 4. The van der Waals surface area contributed by atoms with E-state index in [-0.39, 0.29) is 0 Å². The fourth-order valence-electron chi connectivity index (χ4n) is 1.57. The zero-order chi connectivity index (χ0) is 12.4. The molecule has 2 aromatic heterocycles. The van der Waals surface area contributed by atoms with Gasteiger partial charge in [0.1, 0.15) is 4.88 Å². The van der Waals surface area contributed by atoms with Crippen LogP contribution in [0.3, 0.4) is 0 Å². The van der Waals surface area contributed by atoms with E-state index in [4.69, 9.17) is 16.6 Å². The zero-order valence-corrected chi connectivity index (χ0v) is 11.7. The summed E-state index contributed by atoms with van der Waals surface area (Å²) in [6, 6.07) is 0. The van der Waals surface area contributed by atoms with Crippen molar-refractivity contribution in [3.63, 3.8) is 0 Å². The van der Waals surface area contributed by atoms with Gasteiger partial charge in [-0.25, -0.2) is 10.1 Å². The third kappa shape index (κ3) is 2.63. The van der Waals surface area contributed by atoms with Gasteiger partial charge in [0.15, 0.2) is 0 Å². The molecule has 0 radical (unpaired) electrons. The summed E-state index contributed by atoms with van der Waals surface area (Å²) in [5, 5.41) is 7.86. The molecule has 0 spiro atoms. The minimum absolute atomic E-state index is 0.306. The second kappa shape index (κ2) is 5.10. The Balaban J connectivity index is 2.47. The average molecular weight is 269 g/mol. The van der Waals surface area contributed by atoms with Gasteiger partial charge in [0.25, 0.3) is 10.7 Å². The van der Waals surface area contributed by atoms with Crippen LogP contribution in [0.2, 0.25) is 0 Å². The lowest BCUT2D eigenvalue weighted by Gasteiger charge is -2.00. The SMILES string of the molecule is CCCc1nc(C(C)C)c(-c2n[nH]c(=S)o2)s1. The highest BCUT2D eigenvalue weighted by Gasteiger charge is 2.19. The molecular weight excluding hydrogens is 254 g/mol. The third-order valence-corrected chi connectivity index (χ3v) is 3.63. The number of H-pyrrole nitrogens is 1. The molecule has 2 rings (SSSR count). The van der Waals surface area contributed by atoms with Crippen LogP contribution in [0.1, 0.15) is 43.8 Å². The molecule has 0 aliphatic rings. The van der Waals surface area contributed by atoms with Gasteiger partial charge < -0.3 is 4.42 Å². The lowest BCUT2D eigenvalue weighted by atomic mass is 10.1. The maximum absolute atomic E-state index is 5.37. The molecule has 0 aliphatic carbocycles. The molecule has 0 fully saturated rings. The molecule has 0 aromatic carbocycles. The summed E-state index contributed by atoms with van der Waals surface area (Å²) in [6.07, 6.45) is 2.09. The van der Waals surface area contributed by atoms with Gasteiger partial charge in [0.2, 0.25) is 0 Å². The average Bonchev–Trinajstić information content (AvgIpc) is 2.84. The highest BCUT2D eigenvalue weighted by molar-refractivity contribution is 7.71. The molecule has 0 saturated carbocycles. The topological polar surface area (TPSA) is 54.7 Å². The van der Waals surface area contributed by atoms with E-state index in [0.717, 1.165) is 28.4 Å². The van der Waals surface area contributed by atoms with Crippen LogP contribution in [0.4, 0.5) is 0 Å². The molecule has 92 valence electrons. The van der Waals surface area contributed by atoms with Crippen LogP contribution in [0.15, 0.2) is 4.42 Å². The summed E-state index contributed by atoms with van der Waals surface area (Å²) < 4.78 is 5.37. The molecule has 0 amide bonds. The summed E-state index contributed by atoms with van der Waals surface area (Å²) in [6.45, 7) is 6.39. The molecule has 2 aromatic rings. The van der Waals surface area contributed by atoms with Crippen LogP contribution in [0, 0.1) is 4.84 Å². The lowest BCUT2D eigenvalue weighted by molar-refractivity contribution is 0.552. The Morgan fingerprint density at radius 1 is 1.47 bits per heavy atom. The molecule has 17 heavy (non-hydrogen) atoms. The Hall–Kier alpha value is -1.01. The van der Waals surface area contributed by atoms with Gasteiger partial charge in [-0.2, -0.15) is 0 Å². The highest BCUT2D eigenvalue weighted by Crippen LogP contribution is 2.33. The lowest BCUT2D eigenvalue weighted by Crippen LogP contribution is -1.91. The monoisotopic (exact) mass is 269 g/mol. The van der Waals surface area contributed by atoms with Gasteiger partial charge >= 0.3 is 0 Å². The van der Waals surface area contributed by atoms with E-state index in [2.05, 4.69) is 36.0 Å². The molecule has 1 N–H and O–H groups in total. The van der Waals surface area contributed by atoms with Gasteiger partial charge in [-0.1, -0.05) is 20.8 Å². The normalized spacial score (nSPS) is 11.3. The number of aromatic amines is 1. The number of hydrogen-bond acceptors (Lipinski definition) is 5. The Labute approximate surface area is 109 Å². The number of nitrogens with zero attached hydrogens (tertiary/aromatic N) is 2. The minimum atomic E-state index is 0.306. The molecule has 6 heteroatoms. The molecule has 4 nitrogen and oxygen atoms in total. The standard InChI is InChI=1S/C11H15N3OS2/c1-4-5-7-12-8(6(2)3)9(17-7)10-13-14-11(16)15-10/h6H,4-5H2,1-3H3,(H,14,16). The Morgan fingerprint density at radius 3 is 2.76 bits per heavy atom. The van der Waals surface area contributed by atoms with Crippen molar-refractivity contribution in [3.8, 4) is 10.8 Å². The Bertz CT molecular complexity index is 553. The zero-order valence-electron chi connectivity index (χ0n) is 10.1. The summed E-state index contributed by atoms with van der Waals surface area (Å²) in [7, 11) is 0. The summed E-state index contributed by atoms with van der Waals surface area (Å²) in [4.78, 5) is 5.96. The first-order valence-corrected chi connectivity index (χ1v) is 6.89. The van der Waals surface area contributed by atoms with E-state index < -0.39 is 0 Å². The van der Waals surface area contributed by atoms with E-state index in [9.17, 15) is 0 Å². The first-order valence-electron chi connectivity index (χ1n) is 5.67. The van der Waals surface area contributed by atoms with Crippen molar-refractivity contribution in [2.75, 3.05) is 0 Å². The quantitative estimate of drug-likeness (QED) is 0.854. The van der Waals surface area contributed by atoms with E-state index >= 15 is 0 Å². The van der Waals surface area contributed by atoms with Crippen LogP contribution in [-0.4, -0.2) is 15.2 Å². The van der Waals surface area contributed by atoms with Crippen molar-refractivity contribution < 1.29 is 4.42 Å². The second-order valence-electron chi connectivity index (χ2n) is 4.14. The molecule has 0 bridgehead atoms. The van der Waals surface area contributed by atoms with Crippen molar-refractivity contribution in [3.05, 3.63) is 15.5 Å². The maximum Gasteiger partial charge on any atom is 0.284 e. The van der Waals surface area contributed by atoms with Crippen LogP contribution in [0.25, 0.3) is 10.8 Å². The molecule has 0 saturated heterocycles. The number of thiazole rings is 1. The summed E-state index contributed by atoms with van der Waals surface area (Å²) >= 11 is 6.54. The predicted octanol–water partition coefficient (Wildman–Crippen LogP) is 3.93. The van der Waals surface area contributed by atoms with E-state index in [1.165, 1.54) is 0 Å². The summed E-state index contributed by atoms with van der Waals surface area (Å²) in [5.74, 6) is 0.908. The fraction of sp³-hybridized carbons (Fsp3) is 0.545. The van der Waals surface area contributed by atoms with Crippen molar-refractivity contribution in [2.45, 2.75) is 39.5 Å².